The van der Waals surface area contributed by atoms with Crippen LogP contribution < -0.4 is 10.6 Å². The lowest BCUT2D eigenvalue weighted by Crippen LogP contribution is -2.49. The Morgan fingerprint density at radius 1 is 1.06 bits per heavy atom. The lowest BCUT2D eigenvalue weighted by Gasteiger charge is -2.27. The number of alkyl halides is 3. The van der Waals surface area contributed by atoms with Gasteiger partial charge in [0.25, 0.3) is 5.91 Å². The first-order valence-corrected chi connectivity index (χ1v) is 12.3. The number of anilines is 1. The van der Waals surface area contributed by atoms with Crippen LogP contribution in [0.4, 0.5) is 5.00 Å². The molecule has 0 radical (unpaired) electrons. The molecule has 5 nitrogen and oxygen atoms in total. The van der Waals surface area contributed by atoms with E-state index < -0.39 is 21.8 Å². The molecule has 1 atom stereocenters. The molecule has 0 saturated carbocycles. The van der Waals surface area contributed by atoms with Crippen LogP contribution in [0.2, 0.25) is 0 Å². The minimum absolute atomic E-state index is 0.0285. The number of hydrogen-bond donors (Lipinski definition) is 2. The fraction of sp³-hybridized carbons (Fsp3) is 0.478. The Morgan fingerprint density at radius 2 is 1.69 bits per heavy atom. The molecule has 1 unspecified atom stereocenters. The molecule has 0 aliphatic heterocycles. The number of rotatable bonds is 5. The highest BCUT2D eigenvalue weighted by atomic mass is 35.6. The number of carbonyl (C=O) groups is 2. The first kappa shape index (κ1) is 25.2. The maximum Gasteiger partial charge on any atom is 0.341 e. The fourth-order valence-corrected chi connectivity index (χ4v) is 5.29. The first-order valence-electron chi connectivity index (χ1n) is 10.4. The minimum atomic E-state index is -1.86. The van der Waals surface area contributed by atoms with E-state index in [2.05, 4.69) is 31.4 Å². The lowest BCUT2D eigenvalue weighted by atomic mass is 9.87. The third kappa shape index (κ3) is 5.71. The minimum Gasteiger partial charge on any atom is -0.465 e. The molecule has 0 saturated heterocycles. The van der Waals surface area contributed by atoms with Gasteiger partial charge in [0.15, 0.2) is 0 Å². The quantitative estimate of drug-likeness (QED) is 0.279. The van der Waals surface area contributed by atoms with Gasteiger partial charge in [0, 0.05) is 10.4 Å². The van der Waals surface area contributed by atoms with Crippen LogP contribution in [0.3, 0.4) is 0 Å². The van der Waals surface area contributed by atoms with Gasteiger partial charge in [0.2, 0.25) is 3.79 Å². The molecule has 1 aliphatic carbocycles. The molecule has 9 heteroatoms. The standard InChI is InChI=1S/C23H27Cl3N2O3S/c1-22(2,3)14-11-9-13(10-12-14)18(29)27-21(23(24,25)26)28-19-17(20(30)31-4)15-7-5-6-8-16(15)32-19/h9-12,21,28H,5-8H2,1-4H3,(H,27,29). The normalized spacial score (nSPS) is 15.0. The van der Waals surface area contributed by atoms with E-state index in [1.165, 1.54) is 18.4 Å². The van der Waals surface area contributed by atoms with E-state index in [-0.39, 0.29) is 5.41 Å². The van der Waals surface area contributed by atoms with Crippen LogP contribution in [-0.4, -0.2) is 28.9 Å². The second-order valence-corrected chi connectivity index (χ2v) is 12.3. The van der Waals surface area contributed by atoms with Crippen molar-refractivity contribution in [2.75, 3.05) is 12.4 Å². The van der Waals surface area contributed by atoms with Crippen LogP contribution >= 0.6 is 46.1 Å². The van der Waals surface area contributed by atoms with Gasteiger partial charge in [0.1, 0.15) is 11.2 Å². The number of carbonyl (C=O) groups excluding carboxylic acids is 2. The van der Waals surface area contributed by atoms with Crippen LogP contribution in [0.25, 0.3) is 0 Å². The van der Waals surface area contributed by atoms with Gasteiger partial charge in [-0.1, -0.05) is 67.7 Å². The van der Waals surface area contributed by atoms with Gasteiger partial charge in [-0.05, 0) is 54.4 Å². The van der Waals surface area contributed by atoms with Crippen molar-refractivity contribution in [3.8, 4) is 0 Å². The number of thiophene rings is 1. The molecule has 1 aromatic heterocycles. The zero-order valence-corrected chi connectivity index (χ0v) is 21.6. The van der Waals surface area contributed by atoms with Gasteiger partial charge in [0.05, 0.1) is 12.7 Å². The summed E-state index contributed by atoms with van der Waals surface area (Å²) in [5.41, 5.74) is 2.95. The molecule has 32 heavy (non-hydrogen) atoms. The van der Waals surface area contributed by atoms with Crippen LogP contribution in [0, 0.1) is 0 Å². The summed E-state index contributed by atoms with van der Waals surface area (Å²) in [5, 5.41) is 6.37. The van der Waals surface area contributed by atoms with Crippen molar-refractivity contribution >= 4 is 63.0 Å². The van der Waals surface area contributed by atoms with Gasteiger partial charge >= 0.3 is 5.97 Å². The molecular weight excluding hydrogens is 491 g/mol. The molecule has 0 bridgehead atoms. The number of aryl methyl sites for hydroxylation is 1. The van der Waals surface area contributed by atoms with Crippen molar-refractivity contribution in [3.63, 3.8) is 0 Å². The predicted molar refractivity (Wildman–Crippen MR) is 133 cm³/mol. The zero-order chi connectivity index (χ0) is 23.7. The number of methoxy groups -OCH3 is 1. The first-order chi connectivity index (χ1) is 14.9. The smallest absolute Gasteiger partial charge is 0.341 e. The largest absolute Gasteiger partial charge is 0.465 e. The van der Waals surface area contributed by atoms with E-state index in [9.17, 15) is 9.59 Å². The Labute approximate surface area is 207 Å². The number of nitrogens with one attached hydrogen (secondary N) is 2. The molecule has 1 amide bonds. The molecule has 174 valence electrons. The Kier molecular flexibility index (Phi) is 7.70. The molecule has 1 aromatic carbocycles. The SMILES string of the molecule is COC(=O)c1c(NC(NC(=O)c2ccc(C(C)(C)C)cc2)C(Cl)(Cl)Cl)sc2c1CCCC2. The number of esters is 1. The Morgan fingerprint density at radius 3 is 2.25 bits per heavy atom. The van der Waals surface area contributed by atoms with E-state index in [1.54, 1.807) is 12.1 Å². The molecule has 1 aliphatic rings. The Bertz CT molecular complexity index is 992. The number of benzene rings is 1. The summed E-state index contributed by atoms with van der Waals surface area (Å²) >= 11 is 20.0. The summed E-state index contributed by atoms with van der Waals surface area (Å²) in [6.07, 6.45) is 2.68. The maximum atomic E-state index is 12.9. The third-order valence-electron chi connectivity index (χ3n) is 5.45. The van der Waals surface area contributed by atoms with Gasteiger partial charge in [-0.25, -0.2) is 4.79 Å². The summed E-state index contributed by atoms with van der Waals surface area (Å²) in [7, 11) is 1.34. The average molecular weight is 518 g/mol. The molecular formula is C23H27Cl3N2O3S. The number of hydrogen-bond acceptors (Lipinski definition) is 5. The molecule has 0 spiro atoms. The molecule has 3 rings (SSSR count). The van der Waals surface area contributed by atoms with E-state index in [0.717, 1.165) is 41.7 Å². The van der Waals surface area contributed by atoms with Crippen molar-refractivity contribution in [2.45, 2.75) is 61.8 Å². The molecule has 0 fully saturated rings. The highest BCUT2D eigenvalue weighted by molar-refractivity contribution is 7.16. The van der Waals surface area contributed by atoms with E-state index >= 15 is 0 Å². The second kappa shape index (κ2) is 9.80. The van der Waals surface area contributed by atoms with Crippen LogP contribution in [0.5, 0.6) is 0 Å². The topological polar surface area (TPSA) is 67.4 Å². The second-order valence-electron chi connectivity index (χ2n) is 8.83. The average Bonchev–Trinajstić information content (AvgIpc) is 3.09. The predicted octanol–water partition coefficient (Wildman–Crippen LogP) is 6.25. The van der Waals surface area contributed by atoms with Crippen molar-refractivity contribution in [3.05, 3.63) is 51.4 Å². The van der Waals surface area contributed by atoms with E-state index in [0.29, 0.717) is 16.1 Å². The summed E-state index contributed by atoms with van der Waals surface area (Å²) in [6.45, 7) is 6.30. The highest BCUT2D eigenvalue weighted by Crippen LogP contribution is 2.40. The number of amides is 1. The Hall–Kier alpha value is -1.47. The van der Waals surface area contributed by atoms with Gasteiger partial charge < -0.3 is 15.4 Å². The third-order valence-corrected chi connectivity index (χ3v) is 7.33. The highest BCUT2D eigenvalue weighted by Gasteiger charge is 2.37. The van der Waals surface area contributed by atoms with Crippen LogP contribution in [-0.2, 0) is 23.0 Å². The van der Waals surface area contributed by atoms with Crippen molar-refractivity contribution in [1.29, 1.82) is 0 Å². The van der Waals surface area contributed by atoms with Crippen molar-refractivity contribution in [2.24, 2.45) is 0 Å². The Balaban J connectivity index is 1.86. The van der Waals surface area contributed by atoms with Gasteiger partial charge in [-0.15, -0.1) is 11.3 Å². The van der Waals surface area contributed by atoms with Crippen LogP contribution in [0.1, 0.15) is 70.3 Å². The number of halogens is 3. The van der Waals surface area contributed by atoms with Crippen LogP contribution in [0.15, 0.2) is 24.3 Å². The molecule has 1 heterocycles. The van der Waals surface area contributed by atoms with Crippen molar-refractivity contribution in [1.82, 2.24) is 5.32 Å². The van der Waals surface area contributed by atoms with E-state index in [1.807, 2.05) is 12.1 Å². The number of ether oxygens (including phenoxy) is 1. The lowest BCUT2D eigenvalue weighted by molar-refractivity contribution is 0.0600. The van der Waals surface area contributed by atoms with E-state index in [4.69, 9.17) is 39.5 Å². The summed E-state index contributed by atoms with van der Waals surface area (Å²) in [5.74, 6) is -0.839. The summed E-state index contributed by atoms with van der Waals surface area (Å²) in [4.78, 5) is 26.5. The fourth-order valence-electron chi connectivity index (χ4n) is 3.65. The zero-order valence-electron chi connectivity index (χ0n) is 18.5. The monoisotopic (exact) mass is 516 g/mol. The molecule has 2 aromatic rings. The summed E-state index contributed by atoms with van der Waals surface area (Å²) < 4.78 is 3.14. The van der Waals surface area contributed by atoms with Crippen molar-refractivity contribution < 1.29 is 14.3 Å². The number of fused-ring (bicyclic) bond motifs is 1. The maximum absolute atomic E-state index is 12.9. The van der Waals surface area contributed by atoms with Gasteiger partial charge in [-0.3, -0.25) is 4.79 Å². The summed E-state index contributed by atoms with van der Waals surface area (Å²) in [6, 6.07) is 7.31. The molecule has 2 N–H and O–H groups in total. The van der Waals surface area contributed by atoms with Gasteiger partial charge in [-0.2, -0.15) is 0 Å².